The Balaban J connectivity index is 2.98. The van der Waals surface area contributed by atoms with E-state index in [9.17, 15) is 14.7 Å². The Hall–Kier alpha value is -1.84. The summed E-state index contributed by atoms with van der Waals surface area (Å²) >= 11 is 0. The number of rotatable bonds is 7. The van der Waals surface area contributed by atoms with Crippen molar-refractivity contribution < 1.29 is 14.7 Å². The van der Waals surface area contributed by atoms with Crippen LogP contribution in [0.2, 0.25) is 0 Å². The highest BCUT2D eigenvalue weighted by Crippen LogP contribution is 2.29. The second-order valence-corrected chi connectivity index (χ2v) is 6.01. The highest BCUT2D eigenvalue weighted by Gasteiger charge is 2.38. The molecule has 4 nitrogen and oxygen atoms in total. The second-order valence-electron chi connectivity index (χ2n) is 6.01. The van der Waals surface area contributed by atoms with Gasteiger partial charge in [0.05, 0.1) is 5.41 Å². The molecule has 0 radical (unpaired) electrons. The van der Waals surface area contributed by atoms with E-state index in [4.69, 9.17) is 0 Å². The van der Waals surface area contributed by atoms with Gasteiger partial charge in [-0.2, -0.15) is 0 Å². The Morgan fingerprint density at radius 3 is 2.24 bits per heavy atom. The van der Waals surface area contributed by atoms with E-state index in [0.29, 0.717) is 24.6 Å². The molecule has 0 aliphatic heterocycles. The molecule has 21 heavy (non-hydrogen) atoms. The van der Waals surface area contributed by atoms with Gasteiger partial charge in [0, 0.05) is 19.5 Å². The van der Waals surface area contributed by atoms with Gasteiger partial charge in [0.2, 0.25) is 5.91 Å². The average molecular weight is 291 g/mol. The fourth-order valence-corrected chi connectivity index (χ4v) is 2.37. The van der Waals surface area contributed by atoms with E-state index < -0.39 is 11.4 Å². The van der Waals surface area contributed by atoms with E-state index in [0.717, 1.165) is 0 Å². The first kappa shape index (κ1) is 17.2. The van der Waals surface area contributed by atoms with Crippen molar-refractivity contribution in [2.75, 3.05) is 13.1 Å². The first-order chi connectivity index (χ1) is 9.81. The Labute approximate surface area is 126 Å². The highest BCUT2D eigenvalue weighted by molar-refractivity contribution is 5.89. The number of carboxylic acid groups (broad SMARTS) is 1. The fourth-order valence-electron chi connectivity index (χ4n) is 2.37. The van der Waals surface area contributed by atoms with Gasteiger partial charge in [0.25, 0.3) is 0 Å². The number of benzene rings is 1. The minimum absolute atomic E-state index is 0.0209. The molecule has 1 aromatic rings. The zero-order valence-corrected chi connectivity index (χ0v) is 13.3. The monoisotopic (exact) mass is 291 g/mol. The van der Waals surface area contributed by atoms with Crippen molar-refractivity contribution in [3.8, 4) is 0 Å². The number of carbonyl (C=O) groups excluding carboxylic acids is 1. The van der Waals surface area contributed by atoms with Gasteiger partial charge in [-0.15, -0.1) is 0 Å². The van der Waals surface area contributed by atoms with Gasteiger partial charge in [0.15, 0.2) is 0 Å². The number of nitrogens with zero attached hydrogens (tertiary/aromatic N) is 1. The standard InChI is InChI=1S/C17H25NO3/c1-5-18(12-13(2)3)15(19)11-17(4,16(20)21)14-9-7-6-8-10-14/h6-10,13H,5,11-12H2,1-4H3,(H,20,21). The predicted molar refractivity (Wildman–Crippen MR) is 83.1 cm³/mol. The van der Waals surface area contributed by atoms with Gasteiger partial charge in [-0.05, 0) is 25.3 Å². The Kier molecular flexibility index (Phi) is 5.94. The highest BCUT2D eigenvalue weighted by atomic mass is 16.4. The lowest BCUT2D eigenvalue weighted by Crippen LogP contribution is -2.42. The molecule has 0 saturated heterocycles. The van der Waals surface area contributed by atoms with Crippen LogP contribution in [0.3, 0.4) is 0 Å². The van der Waals surface area contributed by atoms with Gasteiger partial charge in [0.1, 0.15) is 0 Å². The number of hydrogen-bond donors (Lipinski definition) is 1. The molecule has 0 bridgehead atoms. The summed E-state index contributed by atoms with van der Waals surface area (Å²) in [5.74, 6) is -0.718. The average Bonchev–Trinajstić information content (AvgIpc) is 2.44. The molecular formula is C17H25NO3. The van der Waals surface area contributed by atoms with Crippen LogP contribution >= 0.6 is 0 Å². The number of hydrogen-bond acceptors (Lipinski definition) is 2. The number of aliphatic carboxylic acids is 1. The number of amides is 1. The third kappa shape index (κ3) is 4.31. The SMILES string of the molecule is CCN(CC(C)C)C(=O)CC(C)(C(=O)O)c1ccccc1. The molecule has 0 spiro atoms. The summed E-state index contributed by atoms with van der Waals surface area (Å²) in [6.45, 7) is 8.88. The van der Waals surface area contributed by atoms with Crippen molar-refractivity contribution in [1.29, 1.82) is 0 Å². The van der Waals surface area contributed by atoms with Crippen LogP contribution in [0.25, 0.3) is 0 Å². The third-order valence-electron chi connectivity index (χ3n) is 3.71. The quantitative estimate of drug-likeness (QED) is 0.840. The van der Waals surface area contributed by atoms with E-state index in [1.807, 2.05) is 26.8 Å². The number of carbonyl (C=O) groups is 2. The van der Waals surface area contributed by atoms with Crippen LogP contribution in [0.4, 0.5) is 0 Å². The molecule has 0 aliphatic carbocycles. The summed E-state index contributed by atoms with van der Waals surface area (Å²) < 4.78 is 0. The Morgan fingerprint density at radius 1 is 1.24 bits per heavy atom. The molecule has 1 aromatic carbocycles. The molecule has 1 unspecified atom stereocenters. The minimum Gasteiger partial charge on any atom is -0.481 e. The van der Waals surface area contributed by atoms with Crippen LogP contribution in [0, 0.1) is 5.92 Å². The van der Waals surface area contributed by atoms with Crippen LogP contribution in [-0.4, -0.2) is 35.0 Å². The molecule has 0 aromatic heterocycles. The largest absolute Gasteiger partial charge is 0.481 e. The van der Waals surface area contributed by atoms with Crippen molar-refractivity contribution in [2.45, 2.75) is 39.5 Å². The van der Waals surface area contributed by atoms with Crippen molar-refractivity contribution >= 4 is 11.9 Å². The van der Waals surface area contributed by atoms with Gasteiger partial charge in [-0.3, -0.25) is 9.59 Å². The summed E-state index contributed by atoms with van der Waals surface area (Å²) in [6.07, 6.45) is -0.0209. The predicted octanol–water partition coefficient (Wildman–Crippen LogP) is 2.92. The van der Waals surface area contributed by atoms with Crippen LogP contribution in [0.1, 0.15) is 39.7 Å². The van der Waals surface area contributed by atoms with E-state index in [-0.39, 0.29) is 12.3 Å². The number of carboxylic acids is 1. The lowest BCUT2D eigenvalue weighted by atomic mass is 9.79. The normalized spacial score (nSPS) is 13.8. The van der Waals surface area contributed by atoms with Crippen LogP contribution in [0.15, 0.2) is 30.3 Å². The molecule has 0 saturated carbocycles. The lowest BCUT2D eigenvalue weighted by Gasteiger charge is -2.29. The van der Waals surface area contributed by atoms with Crippen molar-refractivity contribution in [3.63, 3.8) is 0 Å². The van der Waals surface area contributed by atoms with Gasteiger partial charge in [-0.25, -0.2) is 0 Å². The molecule has 1 N–H and O–H groups in total. The molecule has 1 atom stereocenters. The van der Waals surface area contributed by atoms with Crippen molar-refractivity contribution in [2.24, 2.45) is 5.92 Å². The maximum atomic E-state index is 12.5. The topological polar surface area (TPSA) is 57.6 Å². The van der Waals surface area contributed by atoms with Crippen LogP contribution in [0.5, 0.6) is 0 Å². The Bertz CT molecular complexity index is 484. The van der Waals surface area contributed by atoms with Gasteiger partial charge < -0.3 is 10.0 Å². The van der Waals surface area contributed by atoms with Crippen LogP contribution in [-0.2, 0) is 15.0 Å². The molecule has 0 fully saturated rings. The summed E-state index contributed by atoms with van der Waals surface area (Å²) in [5, 5.41) is 9.60. The summed E-state index contributed by atoms with van der Waals surface area (Å²) in [4.78, 5) is 25.9. The zero-order chi connectivity index (χ0) is 16.0. The van der Waals surface area contributed by atoms with Gasteiger partial charge in [-0.1, -0.05) is 44.2 Å². The molecule has 1 rings (SSSR count). The van der Waals surface area contributed by atoms with Crippen molar-refractivity contribution in [1.82, 2.24) is 4.90 Å². The molecule has 0 heterocycles. The second kappa shape index (κ2) is 7.25. The van der Waals surface area contributed by atoms with Crippen molar-refractivity contribution in [3.05, 3.63) is 35.9 Å². The fraction of sp³-hybridized carbons (Fsp3) is 0.529. The lowest BCUT2D eigenvalue weighted by molar-refractivity contribution is -0.147. The maximum absolute atomic E-state index is 12.5. The summed E-state index contributed by atoms with van der Waals surface area (Å²) in [6, 6.07) is 8.96. The van der Waals surface area contributed by atoms with E-state index >= 15 is 0 Å². The third-order valence-corrected chi connectivity index (χ3v) is 3.71. The van der Waals surface area contributed by atoms with E-state index in [2.05, 4.69) is 0 Å². The summed E-state index contributed by atoms with van der Waals surface area (Å²) in [7, 11) is 0. The molecule has 0 aliphatic rings. The first-order valence-corrected chi connectivity index (χ1v) is 7.38. The molecule has 4 heteroatoms. The first-order valence-electron chi connectivity index (χ1n) is 7.38. The molecule has 116 valence electrons. The molecular weight excluding hydrogens is 266 g/mol. The van der Waals surface area contributed by atoms with E-state index in [1.54, 1.807) is 36.1 Å². The van der Waals surface area contributed by atoms with Gasteiger partial charge >= 0.3 is 5.97 Å². The van der Waals surface area contributed by atoms with E-state index in [1.165, 1.54) is 0 Å². The summed E-state index contributed by atoms with van der Waals surface area (Å²) in [5.41, 5.74) is -0.533. The minimum atomic E-state index is -1.19. The zero-order valence-electron chi connectivity index (χ0n) is 13.3. The smallest absolute Gasteiger partial charge is 0.314 e. The molecule has 1 amide bonds. The Morgan fingerprint density at radius 2 is 1.81 bits per heavy atom. The van der Waals surface area contributed by atoms with Crippen LogP contribution < -0.4 is 0 Å². The maximum Gasteiger partial charge on any atom is 0.314 e.